The number of aliphatic hydroxyl groups is 1. The number of anilines is 1. The Hall–Kier alpha value is -1.88. The van der Waals surface area contributed by atoms with E-state index in [-0.39, 0.29) is 0 Å². The predicted octanol–water partition coefficient (Wildman–Crippen LogP) is 0.403. The minimum Gasteiger partial charge on any atom is -0.365 e. The number of imide groups is 1. The minimum absolute atomic E-state index is 0.507. The van der Waals surface area contributed by atoms with E-state index in [1.807, 2.05) is 0 Å². The van der Waals surface area contributed by atoms with Gasteiger partial charge in [0, 0.05) is 12.7 Å². The Labute approximate surface area is 86.5 Å². The van der Waals surface area contributed by atoms with E-state index in [0.29, 0.717) is 5.69 Å². The number of carbonyl (C=O) groups is 2. The normalized spacial score (nSPS) is 21.3. The number of nitrogens with zero attached hydrogens (tertiary/aromatic N) is 2. The summed E-state index contributed by atoms with van der Waals surface area (Å²) in [5.41, 5.74) is 0.507. The van der Waals surface area contributed by atoms with E-state index in [1.54, 1.807) is 30.3 Å². The SMILES string of the molecule is CN1C(=O)[C@@H](O)N(c2ccccc2)C1=O. The fourth-order valence-corrected chi connectivity index (χ4v) is 1.48. The van der Waals surface area contributed by atoms with E-state index in [4.69, 9.17) is 0 Å². The van der Waals surface area contributed by atoms with Gasteiger partial charge in [-0.25, -0.2) is 4.79 Å². The van der Waals surface area contributed by atoms with Gasteiger partial charge in [-0.05, 0) is 12.1 Å². The fourth-order valence-electron chi connectivity index (χ4n) is 1.48. The summed E-state index contributed by atoms with van der Waals surface area (Å²) >= 11 is 0. The Kier molecular flexibility index (Phi) is 2.17. The quantitative estimate of drug-likeness (QED) is 0.677. The first-order chi connectivity index (χ1) is 7.13. The lowest BCUT2D eigenvalue weighted by Gasteiger charge is -2.17. The van der Waals surface area contributed by atoms with Crippen molar-refractivity contribution in [2.24, 2.45) is 0 Å². The molecule has 3 amide bonds. The van der Waals surface area contributed by atoms with E-state index in [9.17, 15) is 14.7 Å². The van der Waals surface area contributed by atoms with Gasteiger partial charge in [-0.2, -0.15) is 0 Å². The van der Waals surface area contributed by atoms with Crippen molar-refractivity contribution in [2.45, 2.75) is 6.23 Å². The average molecular weight is 206 g/mol. The average Bonchev–Trinajstić information content (AvgIpc) is 2.45. The molecular formula is C10H10N2O3. The topological polar surface area (TPSA) is 60.9 Å². The highest BCUT2D eigenvalue weighted by atomic mass is 16.3. The molecule has 1 aliphatic rings. The first-order valence-corrected chi connectivity index (χ1v) is 4.47. The van der Waals surface area contributed by atoms with Crippen LogP contribution >= 0.6 is 0 Å². The highest BCUT2D eigenvalue weighted by Crippen LogP contribution is 2.22. The van der Waals surface area contributed by atoms with Gasteiger partial charge < -0.3 is 5.11 Å². The molecule has 0 aromatic heterocycles. The second-order valence-electron chi connectivity index (χ2n) is 3.26. The van der Waals surface area contributed by atoms with E-state index < -0.39 is 18.2 Å². The van der Waals surface area contributed by atoms with Crippen LogP contribution in [0.2, 0.25) is 0 Å². The van der Waals surface area contributed by atoms with Gasteiger partial charge in [0.15, 0.2) is 0 Å². The Balaban J connectivity index is 2.39. The van der Waals surface area contributed by atoms with Gasteiger partial charge >= 0.3 is 6.03 Å². The molecule has 78 valence electrons. The lowest BCUT2D eigenvalue weighted by atomic mass is 10.3. The van der Waals surface area contributed by atoms with Crippen LogP contribution in [0.5, 0.6) is 0 Å². The second kappa shape index (κ2) is 3.36. The first-order valence-electron chi connectivity index (χ1n) is 4.47. The van der Waals surface area contributed by atoms with Crippen LogP contribution in [0.15, 0.2) is 30.3 Å². The highest BCUT2D eigenvalue weighted by molar-refractivity contribution is 6.13. The number of carbonyl (C=O) groups excluding carboxylic acids is 2. The van der Waals surface area contributed by atoms with Gasteiger partial charge in [-0.1, -0.05) is 18.2 Å². The molecule has 1 fully saturated rings. The zero-order valence-corrected chi connectivity index (χ0v) is 8.12. The van der Waals surface area contributed by atoms with Crippen LogP contribution in [-0.2, 0) is 4.79 Å². The van der Waals surface area contributed by atoms with Crippen molar-refractivity contribution in [3.63, 3.8) is 0 Å². The summed E-state index contributed by atoms with van der Waals surface area (Å²) in [6.07, 6.45) is -1.41. The zero-order chi connectivity index (χ0) is 11.0. The largest absolute Gasteiger partial charge is 0.365 e. The van der Waals surface area contributed by atoms with E-state index in [2.05, 4.69) is 0 Å². The molecule has 1 aliphatic heterocycles. The smallest absolute Gasteiger partial charge is 0.333 e. The van der Waals surface area contributed by atoms with Crippen molar-refractivity contribution >= 4 is 17.6 Å². The van der Waals surface area contributed by atoms with Gasteiger partial charge in [0.25, 0.3) is 5.91 Å². The van der Waals surface area contributed by atoms with Gasteiger partial charge in [-0.3, -0.25) is 14.6 Å². The third kappa shape index (κ3) is 1.37. The van der Waals surface area contributed by atoms with Crippen LogP contribution in [0.3, 0.4) is 0 Å². The molecule has 0 saturated carbocycles. The molecule has 1 saturated heterocycles. The molecule has 0 bridgehead atoms. The minimum atomic E-state index is -1.41. The van der Waals surface area contributed by atoms with Gasteiger partial charge in [0.05, 0.1) is 0 Å². The fraction of sp³-hybridized carbons (Fsp3) is 0.200. The zero-order valence-electron chi connectivity index (χ0n) is 8.12. The number of aliphatic hydroxyl groups excluding tert-OH is 1. The van der Waals surface area contributed by atoms with Crippen LogP contribution in [0, 0.1) is 0 Å². The Morgan fingerprint density at radius 2 is 1.80 bits per heavy atom. The van der Waals surface area contributed by atoms with Crippen molar-refractivity contribution < 1.29 is 14.7 Å². The van der Waals surface area contributed by atoms with E-state index in [1.165, 1.54) is 7.05 Å². The molecule has 0 aliphatic carbocycles. The maximum absolute atomic E-state index is 11.6. The molecule has 15 heavy (non-hydrogen) atoms. The standard InChI is InChI=1S/C10H10N2O3/c1-11-8(13)9(14)12(10(11)15)7-5-3-2-4-6-7/h2-6,9,14H,1H3/t9-/m1/s1. The van der Waals surface area contributed by atoms with E-state index in [0.717, 1.165) is 9.80 Å². The number of para-hydroxylation sites is 1. The number of rotatable bonds is 1. The predicted molar refractivity (Wildman–Crippen MR) is 53.1 cm³/mol. The number of likely N-dealkylation sites (N-methyl/N-ethyl adjacent to an activating group) is 1. The Bertz CT molecular complexity index is 404. The van der Waals surface area contributed by atoms with Crippen LogP contribution in [-0.4, -0.2) is 35.2 Å². The third-order valence-corrected chi connectivity index (χ3v) is 2.32. The molecule has 5 nitrogen and oxygen atoms in total. The monoisotopic (exact) mass is 206 g/mol. The van der Waals surface area contributed by atoms with Gasteiger partial charge in [-0.15, -0.1) is 0 Å². The van der Waals surface area contributed by atoms with Gasteiger partial charge in [0.2, 0.25) is 6.23 Å². The maximum Gasteiger partial charge on any atom is 0.333 e. The summed E-state index contributed by atoms with van der Waals surface area (Å²) in [5, 5.41) is 9.57. The number of benzene rings is 1. The third-order valence-electron chi connectivity index (χ3n) is 2.32. The summed E-state index contributed by atoms with van der Waals surface area (Å²) in [6.45, 7) is 0. The highest BCUT2D eigenvalue weighted by Gasteiger charge is 2.42. The summed E-state index contributed by atoms with van der Waals surface area (Å²) < 4.78 is 0. The number of urea groups is 1. The van der Waals surface area contributed by atoms with Crippen LogP contribution in [0.1, 0.15) is 0 Å². The first kappa shape index (κ1) is 9.67. The van der Waals surface area contributed by atoms with Gasteiger partial charge in [0.1, 0.15) is 0 Å². The van der Waals surface area contributed by atoms with Crippen LogP contribution < -0.4 is 4.90 Å². The molecule has 1 heterocycles. The lowest BCUT2D eigenvalue weighted by Crippen LogP contribution is -2.34. The molecule has 1 aromatic carbocycles. The van der Waals surface area contributed by atoms with Crippen molar-refractivity contribution in [3.8, 4) is 0 Å². The number of hydrogen-bond donors (Lipinski definition) is 1. The molecule has 2 rings (SSSR count). The number of hydrogen-bond acceptors (Lipinski definition) is 3. The van der Waals surface area contributed by atoms with Crippen LogP contribution in [0.4, 0.5) is 10.5 Å². The van der Waals surface area contributed by atoms with Crippen molar-refractivity contribution in [3.05, 3.63) is 30.3 Å². The maximum atomic E-state index is 11.6. The molecule has 0 unspecified atom stereocenters. The van der Waals surface area contributed by atoms with E-state index >= 15 is 0 Å². The molecular weight excluding hydrogens is 196 g/mol. The molecule has 1 N–H and O–H groups in total. The van der Waals surface area contributed by atoms with Crippen LogP contribution in [0.25, 0.3) is 0 Å². The molecule has 1 aromatic rings. The summed E-state index contributed by atoms with van der Waals surface area (Å²) in [7, 11) is 1.34. The Morgan fingerprint density at radius 1 is 1.20 bits per heavy atom. The van der Waals surface area contributed by atoms with Crippen molar-refractivity contribution in [1.82, 2.24) is 4.90 Å². The molecule has 0 spiro atoms. The Morgan fingerprint density at radius 3 is 2.27 bits per heavy atom. The lowest BCUT2D eigenvalue weighted by molar-refractivity contribution is -0.132. The van der Waals surface area contributed by atoms with Crippen molar-refractivity contribution in [2.75, 3.05) is 11.9 Å². The molecule has 5 heteroatoms. The summed E-state index contributed by atoms with van der Waals surface area (Å²) in [4.78, 5) is 24.9. The molecule has 1 atom stereocenters. The summed E-state index contributed by atoms with van der Waals surface area (Å²) in [6, 6.07) is 8.07. The van der Waals surface area contributed by atoms with Crippen molar-refractivity contribution in [1.29, 1.82) is 0 Å². The second-order valence-corrected chi connectivity index (χ2v) is 3.26. The number of amides is 3. The summed E-state index contributed by atoms with van der Waals surface area (Å²) in [5.74, 6) is -0.608. The molecule has 0 radical (unpaired) electrons.